The number of carbonyl (C=O) groups is 3. The van der Waals surface area contributed by atoms with Crippen LogP contribution in [0.15, 0.2) is 78.9 Å². The number of urea groups is 1. The summed E-state index contributed by atoms with van der Waals surface area (Å²) in [6.45, 7) is 10.1. The van der Waals surface area contributed by atoms with E-state index in [0.29, 0.717) is 30.0 Å². The van der Waals surface area contributed by atoms with Crippen molar-refractivity contribution < 1.29 is 19.1 Å². The van der Waals surface area contributed by atoms with Gasteiger partial charge in [0.1, 0.15) is 17.9 Å². The quantitative estimate of drug-likeness (QED) is 0.272. The number of carbonyl (C=O) groups excluding carboxylic acids is 3. The van der Waals surface area contributed by atoms with E-state index in [1.54, 1.807) is 24.3 Å². The lowest BCUT2D eigenvalue weighted by atomic mass is 10.0. The molecule has 1 aliphatic rings. The number of aryl methyl sites for hydroxylation is 3. The molecule has 0 aliphatic carbocycles. The number of hydrogen-bond acceptors (Lipinski definition) is 4. The van der Waals surface area contributed by atoms with Crippen LogP contribution in [0.5, 0.6) is 5.75 Å². The molecule has 0 aromatic heterocycles. The van der Waals surface area contributed by atoms with Gasteiger partial charge in [0.25, 0.3) is 11.8 Å². The summed E-state index contributed by atoms with van der Waals surface area (Å²) in [5, 5.41) is 2.27. The van der Waals surface area contributed by atoms with E-state index in [9.17, 15) is 14.4 Å². The van der Waals surface area contributed by atoms with Crippen LogP contribution in [0.25, 0.3) is 6.08 Å². The van der Waals surface area contributed by atoms with Crippen LogP contribution in [0.2, 0.25) is 0 Å². The molecule has 0 unspecified atom stereocenters. The minimum atomic E-state index is -0.766. The van der Waals surface area contributed by atoms with Gasteiger partial charge in [0.05, 0.1) is 5.69 Å². The molecule has 182 valence electrons. The maximum atomic E-state index is 13.2. The van der Waals surface area contributed by atoms with Crippen molar-refractivity contribution in [3.63, 3.8) is 0 Å². The Hall–Kier alpha value is -4.45. The average Bonchev–Trinajstić information content (AvgIpc) is 2.84. The first-order chi connectivity index (χ1) is 17.3. The van der Waals surface area contributed by atoms with Gasteiger partial charge in [-0.2, -0.15) is 0 Å². The maximum absolute atomic E-state index is 13.2. The van der Waals surface area contributed by atoms with E-state index in [0.717, 1.165) is 27.2 Å². The number of nitrogens with one attached hydrogen (secondary N) is 1. The summed E-state index contributed by atoms with van der Waals surface area (Å²) in [5.41, 5.74) is 6.01. The lowest BCUT2D eigenvalue weighted by Gasteiger charge is -2.27. The van der Waals surface area contributed by atoms with Crippen molar-refractivity contribution in [2.45, 2.75) is 33.8 Å². The fourth-order valence-corrected chi connectivity index (χ4v) is 3.91. The topological polar surface area (TPSA) is 75.7 Å². The SMILES string of the molecule is C=CCc1cc(/C=C2\C(=O)NC(=O)N(c3ccc(C)c(C)c3)C2=O)ccc1OCc1ccc(C)cc1. The number of barbiturate groups is 1. The zero-order valence-electron chi connectivity index (χ0n) is 20.6. The molecule has 3 aromatic carbocycles. The number of amides is 4. The lowest BCUT2D eigenvalue weighted by Crippen LogP contribution is -2.54. The van der Waals surface area contributed by atoms with Gasteiger partial charge >= 0.3 is 6.03 Å². The number of allylic oxidation sites excluding steroid dienone is 1. The van der Waals surface area contributed by atoms with Gasteiger partial charge < -0.3 is 4.74 Å². The van der Waals surface area contributed by atoms with E-state index >= 15 is 0 Å². The second-order valence-corrected chi connectivity index (χ2v) is 8.86. The highest BCUT2D eigenvalue weighted by molar-refractivity contribution is 6.39. The van der Waals surface area contributed by atoms with E-state index in [2.05, 4.69) is 11.9 Å². The van der Waals surface area contributed by atoms with Gasteiger partial charge in [-0.05, 0) is 85.4 Å². The monoisotopic (exact) mass is 480 g/mol. The third kappa shape index (κ3) is 5.28. The molecule has 1 fully saturated rings. The van der Waals surface area contributed by atoms with Crippen molar-refractivity contribution in [3.8, 4) is 5.75 Å². The fraction of sp³-hybridized carbons (Fsp3) is 0.167. The summed E-state index contributed by atoms with van der Waals surface area (Å²) in [6, 6.07) is 18.1. The molecule has 36 heavy (non-hydrogen) atoms. The van der Waals surface area contributed by atoms with Gasteiger partial charge in [-0.25, -0.2) is 9.69 Å². The Labute approximate surface area is 210 Å². The molecule has 1 N–H and O–H groups in total. The number of nitrogens with zero attached hydrogens (tertiary/aromatic N) is 1. The number of benzene rings is 3. The molecule has 6 nitrogen and oxygen atoms in total. The molecule has 0 bridgehead atoms. The van der Waals surface area contributed by atoms with Crippen molar-refractivity contribution in [1.29, 1.82) is 0 Å². The van der Waals surface area contributed by atoms with Crippen LogP contribution in [0.1, 0.15) is 33.4 Å². The smallest absolute Gasteiger partial charge is 0.335 e. The predicted molar refractivity (Wildman–Crippen MR) is 141 cm³/mol. The molecule has 0 atom stereocenters. The van der Waals surface area contributed by atoms with E-state index in [4.69, 9.17) is 4.74 Å². The van der Waals surface area contributed by atoms with Gasteiger partial charge in [-0.1, -0.05) is 48.0 Å². The van der Waals surface area contributed by atoms with Gasteiger partial charge in [0.2, 0.25) is 0 Å². The normalized spacial score (nSPS) is 14.7. The molecule has 1 saturated heterocycles. The molecular weight excluding hydrogens is 452 g/mol. The van der Waals surface area contributed by atoms with Crippen molar-refractivity contribution in [2.75, 3.05) is 4.90 Å². The number of imide groups is 2. The zero-order valence-corrected chi connectivity index (χ0v) is 20.6. The summed E-state index contributed by atoms with van der Waals surface area (Å²) < 4.78 is 6.05. The van der Waals surface area contributed by atoms with Crippen LogP contribution >= 0.6 is 0 Å². The molecule has 0 spiro atoms. The summed E-state index contributed by atoms with van der Waals surface area (Å²) in [6.07, 6.45) is 3.81. The number of anilines is 1. The van der Waals surface area contributed by atoms with E-state index in [1.807, 2.05) is 63.2 Å². The summed E-state index contributed by atoms with van der Waals surface area (Å²) >= 11 is 0. The first-order valence-corrected chi connectivity index (χ1v) is 11.7. The van der Waals surface area contributed by atoms with Crippen LogP contribution in [-0.2, 0) is 22.6 Å². The Balaban J connectivity index is 1.62. The first-order valence-electron chi connectivity index (χ1n) is 11.7. The van der Waals surface area contributed by atoms with Crippen LogP contribution < -0.4 is 15.0 Å². The third-order valence-corrected chi connectivity index (χ3v) is 6.13. The number of hydrogen-bond donors (Lipinski definition) is 1. The number of rotatable bonds is 7. The molecule has 1 aliphatic heterocycles. The fourth-order valence-electron chi connectivity index (χ4n) is 3.91. The Morgan fingerprint density at radius 3 is 2.36 bits per heavy atom. The molecule has 0 saturated carbocycles. The summed E-state index contributed by atoms with van der Waals surface area (Å²) in [4.78, 5) is 39.3. The molecule has 3 aromatic rings. The third-order valence-electron chi connectivity index (χ3n) is 6.13. The maximum Gasteiger partial charge on any atom is 0.335 e. The van der Waals surface area contributed by atoms with E-state index in [1.165, 1.54) is 11.6 Å². The van der Waals surface area contributed by atoms with Crippen molar-refractivity contribution in [3.05, 3.63) is 112 Å². The largest absolute Gasteiger partial charge is 0.489 e. The Bertz CT molecular complexity index is 1390. The summed E-state index contributed by atoms with van der Waals surface area (Å²) in [7, 11) is 0. The zero-order chi connectivity index (χ0) is 25.8. The van der Waals surface area contributed by atoms with Crippen LogP contribution in [0, 0.1) is 20.8 Å². The van der Waals surface area contributed by atoms with E-state index < -0.39 is 17.8 Å². The van der Waals surface area contributed by atoms with Gasteiger partial charge in [-0.15, -0.1) is 6.58 Å². The molecule has 4 amide bonds. The van der Waals surface area contributed by atoms with Gasteiger partial charge in [0.15, 0.2) is 0 Å². The van der Waals surface area contributed by atoms with Crippen molar-refractivity contribution in [2.24, 2.45) is 0 Å². The minimum Gasteiger partial charge on any atom is -0.489 e. The summed E-state index contributed by atoms with van der Waals surface area (Å²) in [5.74, 6) is -0.698. The lowest BCUT2D eigenvalue weighted by molar-refractivity contribution is -0.122. The second kappa shape index (κ2) is 10.4. The minimum absolute atomic E-state index is 0.120. The standard InChI is InChI=1S/C30H28N2O4/c1-5-6-24-16-23(12-14-27(24)36-18-22-10-7-19(2)8-11-22)17-26-28(33)31-30(35)32(29(26)34)25-13-9-20(3)21(4)15-25/h5,7-17H,1,6,18H2,2-4H3,(H,31,33,35)/b26-17+. The molecule has 1 heterocycles. The highest BCUT2D eigenvalue weighted by Crippen LogP contribution is 2.27. The first kappa shape index (κ1) is 24.7. The Morgan fingerprint density at radius 2 is 1.67 bits per heavy atom. The van der Waals surface area contributed by atoms with Crippen LogP contribution in [0.3, 0.4) is 0 Å². The van der Waals surface area contributed by atoms with Gasteiger partial charge in [-0.3, -0.25) is 14.9 Å². The predicted octanol–water partition coefficient (Wildman–Crippen LogP) is 5.59. The van der Waals surface area contributed by atoms with Crippen molar-refractivity contribution in [1.82, 2.24) is 5.32 Å². The van der Waals surface area contributed by atoms with Gasteiger partial charge in [0, 0.05) is 0 Å². The molecule has 0 radical (unpaired) electrons. The second-order valence-electron chi connectivity index (χ2n) is 8.86. The number of ether oxygens (including phenoxy) is 1. The van der Waals surface area contributed by atoms with Crippen molar-refractivity contribution >= 4 is 29.6 Å². The van der Waals surface area contributed by atoms with E-state index in [-0.39, 0.29) is 5.57 Å². The molecule has 4 rings (SSSR count). The molecular formula is C30H28N2O4. The average molecular weight is 481 g/mol. The highest BCUT2D eigenvalue weighted by atomic mass is 16.5. The Morgan fingerprint density at radius 1 is 0.917 bits per heavy atom. The molecule has 6 heteroatoms. The van der Waals surface area contributed by atoms with Crippen LogP contribution in [-0.4, -0.2) is 17.8 Å². The Kier molecular flexibility index (Phi) is 7.15. The highest BCUT2D eigenvalue weighted by Gasteiger charge is 2.36. The van der Waals surface area contributed by atoms with Crippen LogP contribution in [0.4, 0.5) is 10.5 Å².